The van der Waals surface area contributed by atoms with Crippen LogP contribution in [0.3, 0.4) is 0 Å². The van der Waals surface area contributed by atoms with Crippen molar-refractivity contribution in [2.75, 3.05) is 18.4 Å². The van der Waals surface area contributed by atoms with Gasteiger partial charge in [-0.2, -0.15) is 14.5 Å². The molecule has 1 aliphatic heterocycles. The fourth-order valence-corrected chi connectivity index (χ4v) is 5.08. The highest BCUT2D eigenvalue weighted by atomic mass is 32.2. The number of nitrogens with zero attached hydrogens (tertiary/aromatic N) is 5. The number of carbonyl (C=O) groups is 1. The summed E-state index contributed by atoms with van der Waals surface area (Å²) in [5.41, 5.74) is 2.14. The molecule has 0 unspecified atom stereocenters. The van der Waals surface area contributed by atoms with Crippen LogP contribution in [0.2, 0.25) is 0 Å². The number of carbonyl (C=O) groups excluding carboxylic acids is 1. The Kier molecular flexibility index (Phi) is 5.38. The molecular formula is C17H26N6O3S. The molecule has 1 N–H and O–H groups in total. The smallest absolute Gasteiger partial charge is 0.246 e. The second-order valence-corrected chi connectivity index (χ2v) is 8.78. The Morgan fingerprint density at radius 3 is 2.59 bits per heavy atom. The fraction of sp³-hybridized carbons (Fsp3) is 0.588. The van der Waals surface area contributed by atoms with Crippen LogP contribution in [0.15, 0.2) is 17.3 Å². The molecule has 10 heteroatoms. The third kappa shape index (κ3) is 3.63. The summed E-state index contributed by atoms with van der Waals surface area (Å²) in [5, 5.41) is 11.2. The first-order valence-corrected chi connectivity index (χ1v) is 10.5. The molecule has 1 amide bonds. The average Bonchev–Trinajstić information content (AvgIpc) is 3.18. The predicted molar refractivity (Wildman–Crippen MR) is 101 cm³/mol. The van der Waals surface area contributed by atoms with Crippen LogP contribution in [0, 0.1) is 19.8 Å². The minimum Gasteiger partial charge on any atom is -0.323 e. The zero-order valence-electron chi connectivity index (χ0n) is 16.1. The minimum absolute atomic E-state index is 0.170. The van der Waals surface area contributed by atoms with Crippen molar-refractivity contribution in [3.05, 3.63) is 23.8 Å². The molecule has 0 radical (unpaired) electrons. The van der Waals surface area contributed by atoms with Crippen LogP contribution in [0.1, 0.15) is 31.2 Å². The van der Waals surface area contributed by atoms with E-state index in [2.05, 4.69) is 15.5 Å². The van der Waals surface area contributed by atoms with Crippen molar-refractivity contribution in [2.24, 2.45) is 13.0 Å². The van der Waals surface area contributed by atoms with E-state index >= 15 is 0 Å². The molecule has 9 nitrogen and oxygen atoms in total. The van der Waals surface area contributed by atoms with E-state index in [0.717, 1.165) is 12.2 Å². The van der Waals surface area contributed by atoms with Crippen molar-refractivity contribution in [2.45, 2.75) is 45.1 Å². The summed E-state index contributed by atoms with van der Waals surface area (Å²) in [7, 11) is -1.96. The number of hydrogen-bond acceptors (Lipinski definition) is 5. The van der Waals surface area contributed by atoms with Gasteiger partial charge in [-0.1, -0.05) is 0 Å². The summed E-state index contributed by atoms with van der Waals surface area (Å²) in [5.74, 6) is -0.563. The lowest BCUT2D eigenvalue weighted by Crippen LogP contribution is -2.43. The van der Waals surface area contributed by atoms with Crippen LogP contribution in [-0.2, 0) is 28.4 Å². The second kappa shape index (κ2) is 7.43. The van der Waals surface area contributed by atoms with Gasteiger partial charge in [0.1, 0.15) is 4.90 Å². The molecule has 1 aliphatic rings. The second-order valence-electron chi connectivity index (χ2n) is 6.87. The van der Waals surface area contributed by atoms with Crippen LogP contribution in [0.4, 0.5) is 5.69 Å². The summed E-state index contributed by atoms with van der Waals surface area (Å²) < 4.78 is 30.7. The molecule has 148 valence electrons. The summed E-state index contributed by atoms with van der Waals surface area (Å²) in [6.45, 7) is 6.91. The number of piperidine rings is 1. The van der Waals surface area contributed by atoms with Crippen molar-refractivity contribution in [3.8, 4) is 0 Å². The Bertz CT molecular complexity index is 946. The van der Waals surface area contributed by atoms with Gasteiger partial charge in [-0.3, -0.25) is 14.2 Å². The molecule has 3 heterocycles. The predicted octanol–water partition coefficient (Wildman–Crippen LogP) is 1.29. The van der Waals surface area contributed by atoms with Crippen molar-refractivity contribution >= 4 is 21.6 Å². The van der Waals surface area contributed by atoms with E-state index in [9.17, 15) is 13.2 Å². The molecular weight excluding hydrogens is 368 g/mol. The summed E-state index contributed by atoms with van der Waals surface area (Å²) in [6, 6.07) is 0. The topological polar surface area (TPSA) is 102 Å². The highest BCUT2D eigenvalue weighted by molar-refractivity contribution is 7.89. The highest BCUT2D eigenvalue weighted by Gasteiger charge is 2.35. The quantitative estimate of drug-likeness (QED) is 0.823. The van der Waals surface area contributed by atoms with Gasteiger partial charge in [0.05, 0.1) is 35.4 Å². The van der Waals surface area contributed by atoms with Crippen molar-refractivity contribution in [1.29, 1.82) is 0 Å². The number of amides is 1. The average molecular weight is 395 g/mol. The molecule has 1 fully saturated rings. The van der Waals surface area contributed by atoms with Crippen LogP contribution in [0.5, 0.6) is 0 Å². The summed E-state index contributed by atoms with van der Waals surface area (Å²) in [6.07, 6.45) is 4.30. The molecule has 3 rings (SSSR count). The summed E-state index contributed by atoms with van der Waals surface area (Å²) in [4.78, 5) is 12.9. The van der Waals surface area contributed by atoms with Gasteiger partial charge < -0.3 is 5.32 Å². The van der Waals surface area contributed by atoms with E-state index in [-0.39, 0.29) is 17.3 Å². The number of rotatable bonds is 5. The lowest BCUT2D eigenvalue weighted by Gasteiger charge is -2.31. The molecule has 0 saturated carbocycles. The molecule has 27 heavy (non-hydrogen) atoms. The number of sulfonamides is 1. The lowest BCUT2D eigenvalue weighted by molar-refractivity contribution is -0.120. The van der Waals surface area contributed by atoms with Crippen molar-refractivity contribution in [1.82, 2.24) is 23.9 Å². The van der Waals surface area contributed by atoms with Gasteiger partial charge in [0, 0.05) is 26.7 Å². The van der Waals surface area contributed by atoms with Crippen LogP contribution in [-0.4, -0.2) is 51.3 Å². The summed E-state index contributed by atoms with van der Waals surface area (Å²) >= 11 is 0. The van der Waals surface area contributed by atoms with E-state index in [1.807, 2.05) is 13.8 Å². The molecule has 0 spiro atoms. The Hall–Kier alpha value is -2.20. The fourth-order valence-electron chi connectivity index (χ4n) is 3.37. The van der Waals surface area contributed by atoms with Crippen molar-refractivity contribution in [3.63, 3.8) is 0 Å². The van der Waals surface area contributed by atoms with Gasteiger partial charge in [-0.25, -0.2) is 8.42 Å². The van der Waals surface area contributed by atoms with E-state index in [4.69, 9.17) is 0 Å². The van der Waals surface area contributed by atoms with E-state index < -0.39 is 15.9 Å². The minimum atomic E-state index is -3.67. The largest absolute Gasteiger partial charge is 0.323 e. The Balaban J connectivity index is 1.74. The highest BCUT2D eigenvalue weighted by Crippen LogP contribution is 2.26. The Morgan fingerprint density at radius 1 is 1.26 bits per heavy atom. The molecule has 0 aliphatic carbocycles. The number of hydrogen-bond donors (Lipinski definition) is 1. The molecule has 0 aromatic carbocycles. The first-order valence-electron chi connectivity index (χ1n) is 9.07. The monoisotopic (exact) mass is 394 g/mol. The number of nitrogens with one attached hydrogen (secondary N) is 1. The SMILES string of the molecule is CCn1ncc(NC(=O)[C@H]2CCCN(S(=O)(=O)c3cnn(C)c3C)C2)c1C. The first kappa shape index (κ1) is 19.6. The lowest BCUT2D eigenvalue weighted by atomic mass is 9.99. The molecule has 2 aromatic heterocycles. The van der Waals surface area contributed by atoms with E-state index in [0.29, 0.717) is 30.8 Å². The number of aromatic nitrogens is 4. The van der Waals surface area contributed by atoms with Gasteiger partial charge in [0.15, 0.2) is 0 Å². The maximum Gasteiger partial charge on any atom is 0.246 e. The molecule has 1 saturated heterocycles. The van der Waals surface area contributed by atoms with E-state index in [1.54, 1.807) is 24.9 Å². The Labute approximate surface area is 159 Å². The third-order valence-corrected chi connectivity index (χ3v) is 7.19. The van der Waals surface area contributed by atoms with Crippen LogP contribution in [0.25, 0.3) is 0 Å². The molecule has 0 bridgehead atoms. The van der Waals surface area contributed by atoms with Gasteiger partial charge in [-0.05, 0) is 33.6 Å². The zero-order valence-corrected chi connectivity index (χ0v) is 17.0. The van der Waals surface area contributed by atoms with Crippen molar-refractivity contribution < 1.29 is 13.2 Å². The maximum atomic E-state index is 13.0. The van der Waals surface area contributed by atoms with Gasteiger partial charge >= 0.3 is 0 Å². The van der Waals surface area contributed by atoms with Gasteiger partial charge in [-0.15, -0.1) is 0 Å². The normalized spacial score (nSPS) is 18.6. The Morgan fingerprint density at radius 2 is 2.00 bits per heavy atom. The third-order valence-electron chi connectivity index (χ3n) is 5.22. The van der Waals surface area contributed by atoms with Gasteiger partial charge in [0.2, 0.25) is 15.9 Å². The van der Waals surface area contributed by atoms with Gasteiger partial charge in [0.25, 0.3) is 0 Å². The zero-order chi connectivity index (χ0) is 19.8. The standard InChI is InChI=1S/C17H26N6O3S/c1-5-23-12(2)15(9-19-23)20-17(24)14-7-6-8-22(11-14)27(25,26)16-10-18-21(4)13(16)3/h9-10,14H,5-8,11H2,1-4H3,(H,20,24)/t14-/m0/s1. The maximum absolute atomic E-state index is 13.0. The molecule has 1 atom stereocenters. The number of aryl methyl sites for hydroxylation is 2. The van der Waals surface area contributed by atoms with Crippen LogP contribution < -0.4 is 5.32 Å². The first-order chi connectivity index (χ1) is 12.8. The van der Waals surface area contributed by atoms with E-state index in [1.165, 1.54) is 15.2 Å². The van der Waals surface area contributed by atoms with Crippen LogP contribution >= 0.6 is 0 Å². The number of anilines is 1. The molecule has 2 aromatic rings.